The summed E-state index contributed by atoms with van der Waals surface area (Å²) < 4.78 is 14.5. The zero-order valence-electron chi connectivity index (χ0n) is 38.5. The van der Waals surface area contributed by atoms with Crippen LogP contribution < -0.4 is 16.2 Å². The van der Waals surface area contributed by atoms with Gasteiger partial charge in [-0.3, -0.25) is 0 Å². The van der Waals surface area contributed by atoms with Crippen molar-refractivity contribution in [3.8, 4) is 16.8 Å². The van der Waals surface area contributed by atoms with E-state index in [9.17, 15) is 0 Å². The van der Waals surface area contributed by atoms with Crippen molar-refractivity contribution >= 4 is 136 Å². The van der Waals surface area contributed by atoms with E-state index in [1.54, 1.807) is 0 Å². The molecule has 1 aliphatic carbocycles. The smallest absolute Gasteiger partial charge is 0.198 e. The monoisotopic (exact) mass is 888 g/mol. The molecule has 66 heavy (non-hydrogen) atoms. The summed E-state index contributed by atoms with van der Waals surface area (Å²) in [6.45, 7) is 16.6. The summed E-state index contributed by atoms with van der Waals surface area (Å²) in [5, 5.41) is 14.3. The predicted molar refractivity (Wildman–Crippen MR) is 289 cm³/mol. The van der Waals surface area contributed by atoms with Crippen LogP contribution in [0.2, 0.25) is 0 Å². The van der Waals surface area contributed by atoms with E-state index in [4.69, 9.17) is 4.42 Å². The van der Waals surface area contributed by atoms with Crippen molar-refractivity contribution in [2.75, 3.05) is 5.32 Å². The van der Waals surface area contributed by atoms with E-state index in [0.717, 1.165) is 35.2 Å². The average molecular weight is 889 g/mol. The molecule has 1 aliphatic heterocycles. The van der Waals surface area contributed by atoms with Crippen molar-refractivity contribution in [1.29, 1.82) is 0 Å². The molecule has 1 N–H and O–H groups in total. The lowest BCUT2D eigenvalue weighted by molar-refractivity contribution is 0.332. The Balaban J connectivity index is 1.08. The van der Waals surface area contributed by atoms with Gasteiger partial charge in [0.2, 0.25) is 0 Å². The Kier molecular flexibility index (Phi) is 7.77. The van der Waals surface area contributed by atoms with Crippen molar-refractivity contribution in [3.05, 3.63) is 150 Å². The molecule has 6 heteroatoms. The quantitative estimate of drug-likeness (QED) is 0.179. The molecule has 14 rings (SSSR count). The van der Waals surface area contributed by atoms with E-state index < -0.39 is 0 Å². The third kappa shape index (κ3) is 5.43. The number of nitrogens with zero attached hydrogens (tertiary/aromatic N) is 1. The first-order valence-electron chi connectivity index (χ1n) is 23.6. The fourth-order valence-electron chi connectivity index (χ4n) is 11.9. The topological polar surface area (TPSA) is 30.1 Å². The van der Waals surface area contributed by atoms with E-state index in [1.165, 1.54) is 125 Å². The van der Waals surface area contributed by atoms with E-state index >= 15 is 0 Å². The van der Waals surface area contributed by atoms with Gasteiger partial charge in [-0.2, -0.15) is 0 Å². The van der Waals surface area contributed by atoms with Gasteiger partial charge in [0.15, 0.2) is 7.28 Å². The van der Waals surface area contributed by atoms with Crippen LogP contribution in [-0.4, -0.2) is 11.8 Å². The molecule has 8 aromatic carbocycles. The number of hydrogen-bond donors (Lipinski definition) is 1. The van der Waals surface area contributed by atoms with Gasteiger partial charge in [0.1, 0.15) is 11.2 Å². The standard InChI is InChI=1S/C60H49BN2OS2/c1-58(2,3)32-16-18-33(19-17-32)62-45-31-53-39(40-27-42-43(29-51(40)66-53)60(6,7)25-24-59(42,4)5)26-38(45)35-20-21-37-54-46(22-23-49-55(54)36-13-8-10-14-48(36)64-49)63-47-28-41-34-12-9-11-15-50(34)65-52(41)30-44(47)61-56(35)57(37)63/h8-23,26-31,61-62H,24-25H2,1-7H3. The number of thiophene rings is 2. The Bertz CT molecular complexity index is 4090. The maximum absolute atomic E-state index is 6.57. The van der Waals surface area contributed by atoms with Crippen molar-refractivity contribution in [1.82, 2.24) is 4.57 Å². The molecule has 0 unspecified atom stereocenters. The highest BCUT2D eigenvalue weighted by Gasteiger charge is 2.38. The van der Waals surface area contributed by atoms with Gasteiger partial charge >= 0.3 is 0 Å². The van der Waals surface area contributed by atoms with Crippen LogP contribution in [0, 0.1) is 0 Å². The minimum atomic E-state index is 0.0739. The highest BCUT2D eigenvalue weighted by Crippen LogP contribution is 2.51. The first kappa shape index (κ1) is 38.9. The second-order valence-electron chi connectivity index (χ2n) is 21.6. The van der Waals surface area contributed by atoms with E-state index in [0.29, 0.717) is 0 Å². The molecule has 0 saturated heterocycles. The maximum Gasteiger partial charge on any atom is 0.198 e. The van der Waals surface area contributed by atoms with Gasteiger partial charge in [0.05, 0.1) is 5.52 Å². The Labute approximate surface area is 392 Å². The molecule has 3 nitrogen and oxygen atoms in total. The summed E-state index contributed by atoms with van der Waals surface area (Å²) >= 11 is 3.85. The fourth-order valence-corrected chi connectivity index (χ4v) is 14.2. The van der Waals surface area contributed by atoms with Gasteiger partial charge in [-0.15, -0.1) is 22.7 Å². The molecule has 0 radical (unpaired) electrons. The molecule has 4 aromatic heterocycles. The van der Waals surface area contributed by atoms with Gasteiger partial charge in [0, 0.05) is 90.0 Å². The molecule has 0 spiro atoms. The first-order valence-corrected chi connectivity index (χ1v) is 25.2. The number of rotatable bonds is 3. The summed E-state index contributed by atoms with van der Waals surface area (Å²) in [6, 6.07) is 50.9. The second kappa shape index (κ2) is 13.2. The summed E-state index contributed by atoms with van der Waals surface area (Å²) in [5.41, 5.74) is 17.8. The minimum absolute atomic E-state index is 0.0739. The van der Waals surface area contributed by atoms with Crippen LogP contribution >= 0.6 is 22.7 Å². The molecule has 0 amide bonds. The number of para-hydroxylation sites is 1. The lowest BCUT2D eigenvalue weighted by atomic mass is 9.59. The number of furan rings is 1. The van der Waals surface area contributed by atoms with Crippen LogP contribution in [0.25, 0.3) is 101 Å². The third-order valence-corrected chi connectivity index (χ3v) is 17.9. The van der Waals surface area contributed by atoms with Gasteiger partial charge < -0.3 is 14.3 Å². The molecular weight excluding hydrogens is 840 g/mol. The van der Waals surface area contributed by atoms with Crippen molar-refractivity contribution in [2.45, 2.75) is 77.6 Å². The van der Waals surface area contributed by atoms with Gasteiger partial charge in [0.25, 0.3) is 0 Å². The number of aromatic nitrogens is 1. The van der Waals surface area contributed by atoms with Crippen LogP contribution in [-0.2, 0) is 16.2 Å². The summed E-state index contributed by atoms with van der Waals surface area (Å²) in [6.07, 6.45) is 2.40. The zero-order chi connectivity index (χ0) is 44.6. The van der Waals surface area contributed by atoms with E-state index in [2.05, 4.69) is 192 Å². The summed E-state index contributed by atoms with van der Waals surface area (Å²) in [5.74, 6) is 0. The lowest BCUT2D eigenvalue weighted by Gasteiger charge is -2.41. The highest BCUT2D eigenvalue weighted by molar-refractivity contribution is 7.26. The van der Waals surface area contributed by atoms with Gasteiger partial charge in [-0.05, 0) is 130 Å². The van der Waals surface area contributed by atoms with Gasteiger partial charge in [-0.1, -0.05) is 115 Å². The first-order chi connectivity index (χ1) is 31.8. The molecule has 0 atom stereocenters. The molecule has 5 heterocycles. The third-order valence-electron chi connectivity index (χ3n) is 15.6. The Morgan fingerprint density at radius 3 is 2.06 bits per heavy atom. The molecule has 0 bridgehead atoms. The molecule has 0 saturated carbocycles. The number of hydrogen-bond acceptors (Lipinski definition) is 4. The van der Waals surface area contributed by atoms with Crippen molar-refractivity contribution in [3.63, 3.8) is 0 Å². The molecular formula is C60H49BN2OS2. The minimum Gasteiger partial charge on any atom is -0.456 e. The number of anilines is 2. The van der Waals surface area contributed by atoms with Crippen LogP contribution in [0.15, 0.2) is 138 Å². The number of nitrogens with one attached hydrogen (secondary N) is 1. The Hall–Kier alpha value is -6.34. The largest absolute Gasteiger partial charge is 0.456 e. The molecule has 12 aromatic rings. The summed E-state index contributed by atoms with van der Waals surface area (Å²) in [7, 11) is 0.830. The Morgan fingerprint density at radius 1 is 0.576 bits per heavy atom. The normalized spacial score (nSPS) is 15.4. The molecule has 0 fully saturated rings. The van der Waals surface area contributed by atoms with Crippen LogP contribution in [0.3, 0.4) is 0 Å². The maximum atomic E-state index is 6.57. The SMILES string of the molecule is CC(C)(C)c1ccc(Nc2cc3sc4cc5c(cc4c3cc2-c2ccc3c4c6c(ccc4n4c3c2Bc2cc3sc7ccccc7c3cc2-4)oc2ccccc26)C(C)(C)CCC5(C)C)cc1. The van der Waals surface area contributed by atoms with Crippen molar-refractivity contribution in [2.24, 2.45) is 0 Å². The fraction of sp³-hybridized carbons (Fsp3) is 0.200. The summed E-state index contributed by atoms with van der Waals surface area (Å²) in [4.78, 5) is 0. The highest BCUT2D eigenvalue weighted by atomic mass is 32.1. The zero-order valence-corrected chi connectivity index (χ0v) is 40.1. The van der Waals surface area contributed by atoms with Crippen LogP contribution in [0.5, 0.6) is 0 Å². The van der Waals surface area contributed by atoms with E-state index in [1.807, 2.05) is 22.7 Å². The van der Waals surface area contributed by atoms with Crippen LogP contribution in [0.4, 0.5) is 11.4 Å². The van der Waals surface area contributed by atoms with Crippen molar-refractivity contribution < 1.29 is 4.42 Å². The lowest BCUT2D eigenvalue weighted by Crippen LogP contribution is -2.37. The number of benzene rings is 8. The van der Waals surface area contributed by atoms with Gasteiger partial charge in [-0.25, -0.2) is 0 Å². The predicted octanol–water partition coefficient (Wildman–Crippen LogP) is 16.2. The van der Waals surface area contributed by atoms with E-state index in [-0.39, 0.29) is 16.2 Å². The second-order valence-corrected chi connectivity index (χ2v) is 23.8. The average Bonchev–Trinajstić information content (AvgIpc) is 4.05. The Morgan fingerprint density at radius 2 is 1.26 bits per heavy atom. The molecule has 320 valence electrons. The number of fused-ring (bicyclic) bond motifs is 16. The molecule has 2 aliphatic rings. The van der Waals surface area contributed by atoms with Crippen LogP contribution in [0.1, 0.15) is 78.0 Å².